The Bertz CT molecular complexity index is 2230. The predicted molar refractivity (Wildman–Crippen MR) is 263 cm³/mol. The van der Waals surface area contributed by atoms with Crippen LogP contribution in [0.3, 0.4) is 0 Å². The lowest BCUT2D eigenvalue weighted by molar-refractivity contribution is 0.0494. The molecule has 0 atom stereocenters. The van der Waals surface area contributed by atoms with Gasteiger partial charge >= 0.3 is 0 Å². The summed E-state index contributed by atoms with van der Waals surface area (Å²) in [7, 11) is 0. The molecule has 2 heterocycles. The molecule has 0 saturated heterocycles. The number of hydrogen-bond donors (Lipinski definition) is 0. The Kier molecular flexibility index (Phi) is 16.0. The molecule has 0 saturated carbocycles. The molecule has 0 bridgehead atoms. The normalized spacial score (nSPS) is 14.4. The Balaban J connectivity index is 1.29. The Morgan fingerprint density at radius 3 is 1.03 bits per heavy atom. The summed E-state index contributed by atoms with van der Waals surface area (Å²) >= 11 is 0. The quantitative estimate of drug-likeness (QED) is 0.0228. The van der Waals surface area contributed by atoms with Gasteiger partial charge in [0.1, 0.15) is 0 Å². The van der Waals surface area contributed by atoms with Crippen molar-refractivity contribution in [3.05, 3.63) is 70.8 Å². The minimum absolute atomic E-state index is 0.118. The third kappa shape index (κ3) is 9.17. The van der Waals surface area contributed by atoms with Crippen LogP contribution in [0.4, 0.5) is 0 Å². The van der Waals surface area contributed by atoms with E-state index in [1.165, 1.54) is 25.7 Å². The van der Waals surface area contributed by atoms with E-state index in [9.17, 15) is 19.2 Å². The number of imide groups is 2. The van der Waals surface area contributed by atoms with Crippen molar-refractivity contribution < 1.29 is 19.2 Å². The SMILES string of the molecule is CCCCCCC(CCCCCC)N1C(=O)c2ccc3c4ccc5c6c(ccc(c7ccc(c2c37)C1=O)c64)C(=O)N(CC(C(CCCC)CCCC)C(CCCC)CCCC)C5=O. The maximum atomic E-state index is 14.9. The number of fused-ring (bicyclic) bond motifs is 2. The molecule has 0 fully saturated rings. The molecule has 0 aromatic heterocycles. The summed E-state index contributed by atoms with van der Waals surface area (Å²) in [6, 6.07) is 15.8. The van der Waals surface area contributed by atoms with Gasteiger partial charge in [-0.05, 0) is 87.2 Å². The highest BCUT2D eigenvalue weighted by atomic mass is 16.2. The molecule has 0 unspecified atom stereocenters. The van der Waals surface area contributed by atoms with Crippen molar-refractivity contribution in [2.24, 2.45) is 17.8 Å². The van der Waals surface area contributed by atoms with Gasteiger partial charge in [-0.25, -0.2) is 0 Å². The van der Waals surface area contributed by atoms with E-state index in [4.69, 9.17) is 0 Å². The highest BCUT2D eigenvalue weighted by Gasteiger charge is 2.41. The Morgan fingerprint density at radius 2 is 0.698 bits per heavy atom. The summed E-state index contributed by atoms with van der Waals surface area (Å²) in [4.78, 5) is 62.4. The number of benzene rings is 5. The van der Waals surface area contributed by atoms with E-state index in [1.807, 2.05) is 36.4 Å². The first kappa shape index (κ1) is 46.7. The van der Waals surface area contributed by atoms with E-state index in [2.05, 4.69) is 53.7 Å². The number of unbranched alkanes of at least 4 members (excludes halogenated alkanes) is 10. The van der Waals surface area contributed by atoms with Crippen molar-refractivity contribution in [2.45, 2.75) is 189 Å². The van der Waals surface area contributed by atoms with E-state index in [0.29, 0.717) is 40.6 Å². The van der Waals surface area contributed by atoms with Crippen molar-refractivity contribution in [1.29, 1.82) is 0 Å². The molecule has 338 valence electrons. The molecule has 5 aromatic rings. The minimum Gasteiger partial charge on any atom is -0.274 e. The van der Waals surface area contributed by atoms with E-state index < -0.39 is 0 Å². The maximum Gasteiger partial charge on any atom is 0.261 e. The second-order valence-electron chi connectivity index (χ2n) is 19.4. The van der Waals surface area contributed by atoms with Crippen LogP contribution in [0.25, 0.3) is 43.1 Å². The number of amides is 4. The first-order chi connectivity index (χ1) is 30.8. The lowest BCUT2D eigenvalue weighted by Gasteiger charge is -2.39. The molecule has 0 spiro atoms. The summed E-state index contributed by atoms with van der Waals surface area (Å²) in [6.45, 7) is 14.0. The molecule has 2 aliphatic heterocycles. The van der Waals surface area contributed by atoms with Crippen LogP contribution in [-0.2, 0) is 0 Å². The molecular formula is C57H76N2O4. The van der Waals surface area contributed by atoms with Gasteiger partial charge in [-0.3, -0.25) is 29.0 Å². The first-order valence-electron chi connectivity index (χ1n) is 25.7. The lowest BCUT2D eigenvalue weighted by atomic mass is 9.72. The fourth-order valence-corrected chi connectivity index (χ4v) is 11.8. The molecule has 6 nitrogen and oxygen atoms in total. The summed E-state index contributed by atoms with van der Waals surface area (Å²) in [5.74, 6) is 0.505. The summed E-state index contributed by atoms with van der Waals surface area (Å²) in [5, 5.41) is 7.07. The third-order valence-electron chi connectivity index (χ3n) is 15.2. The first-order valence-corrected chi connectivity index (χ1v) is 25.7. The number of nitrogens with zero attached hydrogens (tertiary/aromatic N) is 2. The van der Waals surface area contributed by atoms with Gasteiger partial charge in [-0.15, -0.1) is 0 Å². The van der Waals surface area contributed by atoms with Crippen molar-refractivity contribution in [3.8, 4) is 0 Å². The number of carbonyl (C=O) groups is 4. The van der Waals surface area contributed by atoms with Crippen molar-refractivity contribution in [2.75, 3.05) is 6.54 Å². The standard InChI is InChI=1S/C57H76N2O4/c1-7-13-19-21-27-40(28-22-20-14-8-2)59-56(62)47-35-31-43-41-29-33-45-52-46(34-30-42(50(41)52)44-32-36-48(57(59)63)53(47)51(43)44)55(61)58(54(45)60)37-49(38(23-15-9-3)24-16-10-4)39(25-17-11-5)26-18-12-6/h29-36,38-40,49H,7-28,37H2,1-6H3. The van der Waals surface area contributed by atoms with Gasteiger partial charge in [0.2, 0.25) is 0 Å². The maximum absolute atomic E-state index is 14.9. The van der Waals surface area contributed by atoms with Crippen LogP contribution in [0.15, 0.2) is 48.5 Å². The van der Waals surface area contributed by atoms with Gasteiger partial charge in [-0.2, -0.15) is 0 Å². The Labute approximate surface area is 378 Å². The van der Waals surface area contributed by atoms with Gasteiger partial charge in [0.25, 0.3) is 23.6 Å². The molecule has 0 N–H and O–H groups in total. The zero-order chi connectivity index (χ0) is 44.6. The smallest absolute Gasteiger partial charge is 0.261 e. The lowest BCUT2D eigenvalue weighted by Crippen LogP contribution is -2.47. The van der Waals surface area contributed by atoms with Gasteiger partial charge in [0, 0.05) is 45.6 Å². The molecule has 5 aromatic carbocycles. The average Bonchev–Trinajstić information content (AvgIpc) is 3.30. The second kappa shape index (κ2) is 21.6. The third-order valence-corrected chi connectivity index (χ3v) is 15.2. The van der Waals surface area contributed by atoms with Crippen molar-refractivity contribution in [1.82, 2.24) is 9.80 Å². The fraction of sp³-hybridized carbons (Fsp3) is 0.579. The molecule has 63 heavy (non-hydrogen) atoms. The molecule has 7 rings (SSSR count). The van der Waals surface area contributed by atoms with E-state index >= 15 is 0 Å². The summed E-state index contributed by atoms with van der Waals surface area (Å²) in [5.41, 5.74) is 2.38. The number of carbonyl (C=O) groups excluding carboxylic acids is 4. The number of hydrogen-bond acceptors (Lipinski definition) is 4. The Morgan fingerprint density at radius 1 is 0.365 bits per heavy atom. The average molecular weight is 853 g/mol. The molecular weight excluding hydrogens is 777 g/mol. The van der Waals surface area contributed by atoms with Gasteiger partial charge in [0.05, 0.1) is 0 Å². The van der Waals surface area contributed by atoms with Crippen molar-refractivity contribution in [3.63, 3.8) is 0 Å². The molecule has 4 amide bonds. The van der Waals surface area contributed by atoms with E-state index in [-0.39, 0.29) is 35.6 Å². The minimum atomic E-state index is -0.184. The van der Waals surface area contributed by atoms with Crippen LogP contribution in [0, 0.1) is 17.8 Å². The highest BCUT2D eigenvalue weighted by molar-refractivity contribution is 6.41. The van der Waals surface area contributed by atoms with Crippen LogP contribution in [0.2, 0.25) is 0 Å². The van der Waals surface area contributed by atoms with Gasteiger partial charge < -0.3 is 0 Å². The van der Waals surface area contributed by atoms with Crippen LogP contribution in [0.1, 0.15) is 224 Å². The highest BCUT2D eigenvalue weighted by Crippen LogP contribution is 2.47. The van der Waals surface area contributed by atoms with Gasteiger partial charge in [0.15, 0.2) is 0 Å². The topological polar surface area (TPSA) is 74.8 Å². The second-order valence-corrected chi connectivity index (χ2v) is 19.4. The van der Waals surface area contributed by atoms with Crippen LogP contribution in [-0.4, -0.2) is 46.0 Å². The van der Waals surface area contributed by atoms with Crippen LogP contribution < -0.4 is 0 Å². The van der Waals surface area contributed by atoms with Gasteiger partial charge in [-0.1, -0.05) is 194 Å². The molecule has 6 heteroatoms. The van der Waals surface area contributed by atoms with Crippen LogP contribution in [0.5, 0.6) is 0 Å². The fourth-order valence-electron chi connectivity index (χ4n) is 11.8. The Hall–Kier alpha value is -4.32. The molecule has 0 radical (unpaired) electrons. The van der Waals surface area contributed by atoms with E-state index in [1.54, 1.807) is 9.80 Å². The zero-order valence-corrected chi connectivity index (χ0v) is 39.7. The monoisotopic (exact) mass is 853 g/mol. The van der Waals surface area contributed by atoms with Crippen molar-refractivity contribution >= 4 is 66.7 Å². The zero-order valence-electron chi connectivity index (χ0n) is 39.7. The van der Waals surface area contributed by atoms with Crippen LogP contribution >= 0.6 is 0 Å². The summed E-state index contributed by atoms with van der Waals surface area (Å²) < 4.78 is 0. The van der Waals surface area contributed by atoms with E-state index in [0.717, 1.165) is 159 Å². The number of rotatable bonds is 27. The summed E-state index contributed by atoms with van der Waals surface area (Å²) in [6.07, 6.45) is 24.4. The largest absolute Gasteiger partial charge is 0.274 e. The predicted octanol–water partition coefficient (Wildman–Crippen LogP) is 15.8. The molecule has 2 aliphatic rings. The molecule has 0 aliphatic carbocycles.